The number of hydroxylamine groups is 2. The van der Waals surface area contributed by atoms with Crippen LogP contribution < -0.4 is 14.8 Å². The van der Waals surface area contributed by atoms with Gasteiger partial charge in [0, 0.05) is 59.7 Å². The van der Waals surface area contributed by atoms with Gasteiger partial charge in [0.2, 0.25) is 5.36 Å². The van der Waals surface area contributed by atoms with Gasteiger partial charge in [-0.25, -0.2) is 9.37 Å². The highest BCUT2D eigenvalue weighted by Crippen LogP contribution is 2.51. The number of amides is 2. The molecule has 5 rings (SSSR count). The summed E-state index contributed by atoms with van der Waals surface area (Å²) in [5.74, 6) is -0.946. The minimum atomic E-state index is -4.62. The van der Waals surface area contributed by atoms with E-state index in [9.17, 15) is 40.3 Å². The van der Waals surface area contributed by atoms with Gasteiger partial charge in [0.05, 0.1) is 16.7 Å². The quantitative estimate of drug-likeness (QED) is 0.0784. The number of allylic oxidation sites excluding steroid dienone is 5. The summed E-state index contributed by atoms with van der Waals surface area (Å²) in [6.45, 7) is 14.1. The molecule has 14 nitrogen and oxygen atoms in total. The lowest BCUT2D eigenvalue weighted by molar-refractivity contribution is -0.197. The summed E-state index contributed by atoms with van der Waals surface area (Å²) >= 11 is 0. The Morgan fingerprint density at radius 1 is 0.948 bits per heavy atom. The predicted octanol–water partition coefficient (Wildman–Crippen LogP) is 6.03. The van der Waals surface area contributed by atoms with Gasteiger partial charge in [0.1, 0.15) is 24.6 Å². The van der Waals surface area contributed by atoms with Crippen LogP contribution in [-0.4, -0.2) is 74.2 Å². The van der Waals surface area contributed by atoms with Crippen molar-refractivity contribution in [1.29, 1.82) is 0 Å². The van der Waals surface area contributed by atoms with Crippen LogP contribution in [-0.2, 0) is 50.3 Å². The Morgan fingerprint density at radius 3 is 2.26 bits per heavy atom. The van der Waals surface area contributed by atoms with Gasteiger partial charge in [-0.05, 0) is 87.6 Å². The molecule has 0 radical (unpaired) electrons. The Morgan fingerprint density at radius 2 is 1.64 bits per heavy atom. The Balaban J connectivity index is 1.52. The van der Waals surface area contributed by atoms with Crippen LogP contribution in [0.25, 0.3) is 17.4 Å². The molecule has 3 aliphatic heterocycles. The van der Waals surface area contributed by atoms with Crippen LogP contribution >= 0.6 is 0 Å². The molecule has 0 aromatic heterocycles. The van der Waals surface area contributed by atoms with Gasteiger partial charge in [-0.15, -0.1) is 5.06 Å². The fraction of sp³-hybridized carbons (Fsp3) is 0.429. The molecule has 1 aliphatic carbocycles. The maximum absolute atomic E-state index is 12.8. The third-order valence-corrected chi connectivity index (χ3v) is 12.1. The van der Waals surface area contributed by atoms with Gasteiger partial charge in [0.25, 0.3) is 32.1 Å². The highest BCUT2D eigenvalue weighted by Gasteiger charge is 2.44. The normalized spacial score (nSPS) is 18.4. The molecule has 1 atom stereocenters. The summed E-state index contributed by atoms with van der Waals surface area (Å²) in [5.41, 5.74) is 2.30. The smallest absolute Gasteiger partial charge is 0.333 e. The maximum Gasteiger partial charge on any atom is 0.333 e. The van der Waals surface area contributed by atoms with E-state index in [1.54, 1.807) is 6.08 Å². The second-order valence-corrected chi connectivity index (χ2v) is 18.6. The number of rotatable bonds is 15. The third kappa shape index (κ3) is 10.2. The van der Waals surface area contributed by atoms with Crippen molar-refractivity contribution in [3.05, 3.63) is 94.7 Å². The van der Waals surface area contributed by atoms with Gasteiger partial charge >= 0.3 is 5.97 Å². The Bertz CT molecular complexity index is 2420. The standard InChI is InChI=1S/C42H51N3O11S2/c1-7-43(8-2)30-17-19-32-29(26-37(41(3,4)5)55-35(32)27-30)14-10-9-11-15-36-42(6,23-12-16-40(48)56-45-38(46)21-22-39(45)47)33-28-31(58(52,53)54)18-20-34(33)44(36)24-13-25-57(49,50)51/h9-11,14-15,17-20,26-28H,7-8,12-13,16,21-25H2,1-6H3,(H-,49,50,51,52,53,54)/p+1/t42-/m1/s1. The number of carbonyl (C=O) groups excluding carboxylic acids is 3. The zero-order chi connectivity index (χ0) is 42.6. The lowest BCUT2D eigenvalue weighted by Gasteiger charge is -2.30. The zero-order valence-corrected chi connectivity index (χ0v) is 35.4. The van der Waals surface area contributed by atoms with E-state index >= 15 is 0 Å². The molecule has 1 saturated heterocycles. The van der Waals surface area contributed by atoms with Crippen molar-refractivity contribution in [2.75, 3.05) is 30.3 Å². The molecule has 2 amide bonds. The van der Waals surface area contributed by atoms with Crippen LogP contribution in [0.3, 0.4) is 0 Å². The van der Waals surface area contributed by atoms with Crippen LogP contribution in [0.5, 0.6) is 0 Å². The summed E-state index contributed by atoms with van der Waals surface area (Å²) in [6.07, 6.45) is 9.47. The first-order valence-electron chi connectivity index (χ1n) is 19.3. The summed E-state index contributed by atoms with van der Waals surface area (Å²) in [5, 5.41) is 1.54. The van der Waals surface area contributed by atoms with E-state index in [1.165, 1.54) is 18.2 Å². The largest absolute Gasteiger partial charge is 0.460 e. The monoisotopic (exact) mass is 838 g/mol. The fourth-order valence-electron chi connectivity index (χ4n) is 7.36. The second kappa shape index (κ2) is 17.5. The molecule has 0 bridgehead atoms. The fourth-order valence-corrected chi connectivity index (χ4v) is 8.36. The molecular weight excluding hydrogens is 787 g/mol. The van der Waals surface area contributed by atoms with Crippen LogP contribution in [0.2, 0.25) is 0 Å². The molecule has 1 aromatic carbocycles. The highest BCUT2D eigenvalue weighted by molar-refractivity contribution is 7.86. The molecule has 16 heteroatoms. The summed E-state index contributed by atoms with van der Waals surface area (Å²) in [4.78, 5) is 43.3. The van der Waals surface area contributed by atoms with Crippen LogP contribution in [0, 0.1) is 0 Å². The highest BCUT2D eigenvalue weighted by atomic mass is 32.2. The van der Waals surface area contributed by atoms with Crippen molar-refractivity contribution in [1.82, 2.24) is 9.64 Å². The molecule has 4 aliphatic rings. The molecule has 2 N–H and O–H groups in total. The molecule has 3 heterocycles. The number of hydrogen-bond donors (Lipinski definition) is 2. The van der Waals surface area contributed by atoms with E-state index in [1.807, 2.05) is 48.3 Å². The molecule has 1 fully saturated rings. The number of fused-ring (bicyclic) bond motifs is 2. The Kier molecular flexibility index (Phi) is 13.4. The van der Waals surface area contributed by atoms with Crippen LogP contribution in [0.1, 0.15) is 97.0 Å². The van der Waals surface area contributed by atoms with Crippen molar-refractivity contribution in [3.63, 3.8) is 0 Å². The lowest BCUT2D eigenvalue weighted by atomic mass is 9.77. The molecular formula is C42H52N3O11S2+. The van der Waals surface area contributed by atoms with Gasteiger partial charge < -0.3 is 14.2 Å². The summed E-state index contributed by atoms with van der Waals surface area (Å²) in [6, 6.07) is 12.3. The van der Waals surface area contributed by atoms with Crippen molar-refractivity contribution in [2.45, 2.75) is 95.8 Å². The van der Waals surface area contributed by atoms with Gasteiger partial charge in [-0.2, -0.15) is 16.8 Å². The van der Waals surface area contributed by atoms with Gasteiger partial charge in [0.15, 0.2) is 0 Å². The van der Waals surface area contributed by atoms with E-state index in [-0.39, 0.29) is 55.4 Å². The van der Waals surface area contributed by atoms with E-state index in [0.29, 0.717) is 22.0 Å². The minimum absolute atomic E-state index is 0.0256. The van der Waals surface area contributed by atoms with E-state index in [0.717, 1.165) is 41.1 Å². The number of nitrogens with zero attached hydrogens (tertiary/aromatic N) is 3. The second-order valence-electron chi connectivity index (χ2n) is 15.6. The van der Waals surface area contributed by atoms with Crippen molar-refractivity contribution in [2.24, 2.45) is 0 Å². The lowest BCUT2D eigenvalue weighted by Crippen LogP contribution is -2.32. The van der Waals surface area contributed by atoms with Crippen LogP contribution in [0.4, 0.5) is 5.69 Å². The number of imide groups is 1. The molecule has 58 heavy (non-hydrogen) atoms. The number of hydrogen-bond acceptors (Lipinski definition) is 10. The first kappa shape index (κ1) is 44.2. The topological polar surface area (TPSA) is 192 Å². The average Bonchev–Trinajstić information content (AvgIpc) is 3.57. The number of carbonyl (C=O) groups is 3. The Hall–Kier alpha value is -4.90. The average molecular weight is 839 g/mol. The first-order chi connectivity index (χ1) is 27.2. The van der Waals surface area contributed by atoms with Gasteiger partial charge in [-0.3, -0.25) is 18.7 Å². The van der Waals surface area contributed by atoms with Crippen molar-refractivity contribution >= 4 is 49.8 Å². The predicted molar refractivity (Wildman–Crippen MR) is 220 cm³/mol. The van der Waals surface area contributed by atoms with Crippen molar-refractivity contribution in [3.8, 4) is 11.3 Å². The molecule has 0 saturated carbocycles. The maximum atomic E-state index is 12.8. The molecule has 1 aromatic rings. The SMILES string of the molecule is CC[N+](CC)=c1ccc2c(C=CC=CC=C3N(CCCS(=O)(=O)O)c4ccc(S(=O)(=O)O)cc4[C@@]3(C)CCCC(=O)ON3C(=O)CCC3=O)cc(C(C)(C)C)oc-2c1. The van der Waals surface area contributed by atoms with Gasteiger partial charge in [-0.1, -0.05) is 45.1 Å². The zero-order valence-electron chi connectivity index (χ0n) is 33.7. The van der Waals surface area contributed by atoms with E-state index < -0.39 is 49.2 Å². The minimum Gasteiger partial charge on any atom is -0.460 e. The Labute approximate surface area is 340 Å². The third-order valence-electron chi connectivity index (χ3n) is 10.5. The number of benzene rings is 2. The van der Waals surface area contributed by atoms with E-state index in [4.69, 9.17) is 9.25 Å². The van der Waals surface area contributed by atoms with Crippen molar-refractivity contribution < 1.29 is 49.6 Å². The molecule has 0 spiro atoms. The van der Waals surface area contributed by atoms with E-state index in [2.05, 4.69) is 51.3 Å². The van der Waals surface area contributed by atoms with Crippen LogP contribution in [0.15, 0.2) is 81.8 Å². The number of anilines is 1. The molecule has 0 unspecified atom stereocenters. The molecule has 312 valence electrons. The summed E-state index contributed by atoms with van der Waals surface area (Å²) < 4.78 is 76.1. The summed E-state index contributed by atoms with van der Waals surface area (Å²) in [7, 11) is -8.91. The first-order valence-corrected chi connectivity index (χ1v) is 22.3.